The van der Waals surface area contributed by atoms with Gasteiger partial charge in [-0.3, -0.25) is 9.59 Å². The number of ether oxygens (including phenoxy) is 2. The summed E-state index contributed by atoms with van der Waals surface area (Å²) in [5.41, 5.74) is 2.18. The Morgan fingerprint density at radius 1 is 1.19 bits per heavy atom. The molecule has 2 amide bonds. The van der Waals surface area contributed by atoms with Crippen molar-refractivity contribution in [2.45, 2.75) is 51.6 Å². The highest BCUT2D eigenvalue weighted by atomic mass is 19.1. The van der Waals surface area contributed by atoms with E-state index in [0.717, 1.165) is 31.2 Å². The van der Waals surface area contributed by atoms with Crippen LogP contribution >= 0.6 is 0 Å². The Hall–Kier alpha value is -3.53. The molecule has 0 radical (unpaired) electrons. The number of methoxy groups -OCH3 is 1. The van der Waals surface area contributed by atoms with Crippen molar-refractivity contribution in [1.29, 1.82) is 0 Å². The monoisotopic (exact) mass is 497 g/mol. The van der Waals surface area contributed by atoms with Crippen LogP contribution in [0.25, 0.3) is 11.0 Å². The summed E-state index contributed by atoms with van der Waals surface area (Å²) in [6.07, 6.45) is 4.62. The van der Waals surface area contributed by atoms with E-state index in [-0.39, 0.29) is 29.5 Å². The number of carbonyl (C=O) groups excluding carboxylic acids is 2. The number of rotatable bonds is 8. The Bertz CT molecular complexity index is 1270. The molecule has 0 bridgehead atoms. The minimum Gasteiger partial charge on any atom is -0.475 e. The molecule has 0 atom stereocenters. The molecule has 1 fully saturated rings. The standard InChI is InChI=1S/C26H32FN5O4/c1-16(2)29-24(33)18-6-10-20(11-7-18)32-22-14-23(36-13-12-35-3)28-15-21(22)30-26(32)31-25(34)17-4-8-19(27)9-5-17/h4-5,8-9,14-16,18,20H,6-7,10-13H2,1-3H3,(H,29,33)(H,30,31,34)/t18-,20+. The van der Waals surface area contributed by atoms with E-state index in [1.165, 1.54) is 24.3 Å². The van der Waals surface area contributed by atoms with E-state index in [4.69, 9.17) is 9.47 Å². The van der Waals surface area contributed by atoms with Crippen molar-refractivity contribution in [3.05, 3.63) is 53.5 Å². The Morgan fingerprint density at radius 3 is 2.58 bits per heavy atom. The molecular formula is C26H32FN5O4. The Labute approximate surface area is 208 Å². The van der Waals surface area contributed by atoms with Gasteiger partial charge in [0.25, 0.3) is 5.91 Å². The first-order chi connectivity index (χ1) is 17.4. The van der Waals surface area contributed by atoms with Crippen LogP contribution in [0.15, 0.2) is 41.5 Å². The van der Waals surface area contributed by atoms with Crippen LogP contribution in [0.4, 0.5) is 4.39 Å². The van der Waals surface area contributed by atoms with Crippen LogP contribution in [-0.2, 0) is 9.53 Å². The second-order valence-electron chi connectivity index (χ2n) is 9.29. The molecule has 0 spiro atoms. The number of aromatic amines is 1. The first-order valence-corrected chi connectivity index (χ1v) is 12.2. The predicted octanol–water partition coefficient (Wildman–Crippen LogP) is 3.53. The molecule has 0 aliphatic heterocycles. The molecule has 36 heavy (non-hydrogen) atoms. The zero-order valence-corrected chi connectivity index (χ0v) is 20.8. The fraction of sp³-hybridized carbons (Fsp3) is 0.462. The number of fused-ring (bicyclic) bond motifs is 1. The van der Waals surface area contributed by atoms with Crippen molar-refractivity contribution in [3.63, 3.8) is 0 Å². The second-order valence-corrected chi connectivity index (χ2v) is 9.29. The van der Waals surface area contributed by atoms with E-state index in [9.17, 15) is 14.0 Å². The van der Waals surface area contributed by atoms with E-state index in [1.807, 2.05) is 24.5 Å². The third-order valence-electron chi connectivity index (χ3n) is 6.29. The summed E-state index contributed by atoms with van der Waals surface area (Å²) in [7, 11) is 1.60. The first kappa shape index (κ1) is 25.6. The molecule has 2 aromatic heterocycles. The molecule has 0 unspecified atom stereocenters. The topological polar surface area (TPSA) is 111 Å². The van der Waals surface area contributed by atoms with E-state index in [0.29, 0.717) is 30.2 Å². The fourth-order valence-electron chi connectivity index (χ4n) is 4.53. The van der Waals surface area contributed by atoms with Crippen LogP contribution in [0, 0.1) is 11.7 Å². The molecule has 1 saturated carbocycles. The van der Waals surface area contributed by atoms with Crippen LogP contribution in [0.2, 0.25) is 0 Å². The summed E-state index contributed by atoms with van der Waals surface area (Å²) in [6, 6.07) is 7.24. The van der Waals surface area contributed by atoms with Gasteiger partial charge in [-0.25, -0.2) is 9.37 Å². The second kappa shape index (κ2) is 11.5. The molecule has 10 heteroatoms. The van der Waals surface area contributed by atoms with Crippen molar-refractivity contribution in [2.24, 2.45) is 10.9 Å². The van der Waals surface area contributed by atoms with E-state index >= 15 is 0 Å². The molecule has 1 aliphatic carbocycles. The van der Waals surface area contributed by atoms with Gasteiger partial charge in [-0.15, -0.1) is 0 Å². The SMILES string of the molecule is COCCOc1cc2c(cn1)[nH]/c(=N\C(=O)c1ccc(F)cc1)n2[C@H]1CC[C@@H](C(=O)NC(C)C)CC1. The van der Waals surface area contributed by atoms with Crippen molar-refractivity contribution in [1.82, 2.24) is 19.9 Å². The van der Waals surface area contributed by atoms with Gasteiger partial charge in [-0.2, -0.15) is 4.99 Å². The maximum atomic E-state index is 13.3. The first-order valence-electron chi connectivity index (χ1n) is 12.2. The Kier molecular flexibility index (Phi) is 8.14. The molecular weight excluding hydrogens is 465 g/mol. The predicted molar refractivity (Wildman–Crippen MR) is 132 cm³/mol. The number of halogens is 1. The summed E-state index contributed by atoms with van der Waals surface area (Å²) in [6.45, 7) is 4.70. The van der Waals surface area contributed by atoms with Gasteiger partial charge in [0.15, 0.2) is 0 Å². The number of amides is 2. The molecule has 192 valence electrons. The van der Waals surface area contributed by atoms with Gasteiger partial charge in [-0.05, 0) is 63.8 Å². The van der Waals surface area contributed by atoms with Gasteiger partial charge in [0.05, 0.1) is 23.8 Å². The number of nitrogens with zero attached hydrogens (tertiary/aromatic N) is 3. The third kappa shape index (κ3) is 5.99. The fourth-order valence-corrected chi connectivity index (χ4v) is 4.53. The Morgan fingerprint density at radius 2 is 1.92 bits per heavy atom. The normalized spacial score (nSPS) is 18.5. The molecule has 1 aromatic carbocycles. The number of benzene rings is 1. The van der Waals surface area contributed by atoms with E-state index in [2.05, 4.69) is 20.3 Å². The average molecular weight is 498 g/mol. The summed E-state index contributed by atoms with van der Waals surface area (Å²) >= 11 is 0. The van der Waals surface area contributed by atoms with E-state index < -0.39 is 11.7 Å². The summed E-state index contributed by atoms with van der Waals surface area (Å²) in [5, 5.41) is 3.01. The lowest BCUT2D eigenvalue weighted by Gasteiger charge is -2.29. The lowest BCUT2D eigenvalue weighted by atomic mass is 9.85. The molecule has 2 N–H and O–H groups in total. The smallest absolute Gasteiger partial charge is 0.280 e. The maximum Gasteiger partial charge on any atom is 0.280 e. The Balaban J connectivity index is 1.68. The van der Waals surface area contributed by atoms with E-state index in [1.54, 1.807) is 13.3 Å². The van der Waals surface area contributed by atoms with Crippen molar-refractivity contribution in [3.8, 4) is 5.88 Å². The molecule has 2 heterocycles. The highest BCUT2D eigenvalue weighted by molar-refractivity contribution is 5.94. The number of H-pyrrole nitrogens is 1. The van der Waals surface area contributed by atoms with Crippen LogP contribution < -0.4 is 15.7 Å². The maximum absolute atomic E-state index is 13.3. The van der Waals surface area contributed by atoms with Crippen LogP contribution in [0.1, 0.15) is 55.9 Å². The van der Waals surface area contributed by atoms with Gasteiger partial charge in [0.1, 0.15) is 12.4 Å². The minimum atomic E-state index is -0.482. The van der Waals surface area contributed by atoms with Gasteiger partial charge >= 0.3 is 0 Å². The molecule has 9 nitrogen and oxygen atoms in total. The lowest BCUT2D eigenvalue weighted by Crippen LogP contribution is -2.38. The molecule has 4 rings (SSSR count). The van der Waals surface area contributed by atoms with Crippen LogP contribution in [-0.4, -0.2) is 52.7 Å². The quantitative estimate of drug-likeness (QED) is 0.463. The number of imidazole rings is 1. The third-order valence-corrected chi connectivity index (χ3v) is 6.29. The number of hydrogen-bond donors (Lipinski definition) is 2. The zero-order valence-electron chi connectivity index (χ0n) is 20.8. The van der Waals surface area contributed by atoms with Crippen molar-refractivity contribution < 1.29 is 23.5 Å². The zero-order chi connectivity index (χ0) is 25.7. The van der Waals surface area contributed by atoms with Gasteiger partial charge in [0.2, 0.25) is 17.4 Å². The van der Waals surface area contributed by atoms with Crippen LogP contribution in [0.5, 0.6) is 5.88 Å². The number of carbonyl (C=O) groups is 2. The number of aromatic nitrogens is 3. The largest absolute Gasteiger partial charge is 0.475 e. The minimum absolute atomic E-state index is 0.0239. The molecule has 1 aliphatic rings. The summed E-state index contributed by atoms with van der Waals surface area (Å²) in [5.74, 6) is -0.414. The number of pyridine rings is 1. The van der Waals surface area contributed by atoms with Crippen LogP contribution in [0.3, 0.4) is 0 Å². The van der Waals surface area contributed by atoms with Crippen molar-refractivity contribution >= 4 is 22.8 Å². The van der Waals surface area contributed by atoms with Gasteiger partial charge in [0, 0.05) is 36.7 Å². The summed E-state index contributed by atoms with van der Waals surface area (Å²) < 4.78 is 26.1. The summed E-state index contributed by atoms with van der Waals surface area (Å²) in [4.78, 5) is 37.3. The van der Waals surface area contributed by atoms with Gasteiger partial charge in [-0.1, -0.05) is 0 Å². The highest BCUT2D eigenvalue weighted by Crippen LogP contribution is 2.33. The molecule has 3 aromatic rings. The van der Waals surface area contributed by atoms with Gasteiger partial charge < -0.3 is 24.3 Å². The number of hydrogen-bond acceptors (Lipinski definition) is 5. The molecule has 0 saturated heterocycles. The number of nitrogens with one attached hydrogen (secondary N) is 2. The van der Waals surface area contributed by atoms with Crippen molar-refractivity contribution in [2.75, 3.05) is 20.3 Å². The average Bonchev–Trinajstić information content (AvgIpc) is 3.21. The highest BCUT2D eigenvalue weighted by Gasteiger charge is 2.29. The lowest BCUT2D eigenvalue weighted by molar-refractivity contribution is -0.126.